The molecule has 0 amide bonds. The summed E-state index contributed by atoms with van der Waals surface area (Å²) in [5.74, 6) is 0. The zero-order valence-corrected chi connectivity index (χ0v) is 11.7. The van der Waals surface area contributed by atoms with Gasteiger partial charge in [0.2, 0.25) is 0 Å². The lowest BCUT2D eigenvalue weighted by Gasteiger charge is -2.40. The van der Waals surface area contributed by atoms with Crippen LogP contribution in [0.15, 0.2) is 24.5 Å². The van der Waals surface area contributed by atoms with E-state index in [1.165, 1.54) is 44.5 Å². The smallest absolute Gasteiger partial charge is 0.0271 e. The third-order valence-electron chi connectivity index (χ3n) is 4.22. The molecule has 1 fully saturated rings. The van der Waals surface area contributed by atoms with E-state index in [1.807, 2.05) is 12.4 Å². The molecule has 1 aliphatic rings. The summed E-state index contributed by atoms with van der Waals surface area (Å²) in [5, 5.41) is 3.47. The lowest BCUT2D eigenvalue weighted by atomic mass is 9.76. The molecule has 18 heavy (non-hydrogen) atoms. The third kappa shape index (κ3) is 3.53. The molecule has 0 atom stereocenters. The van der Waals surface area contributed by atoms with E-state index in [0.29, 0.717) is 5.41 Å². The van der Waals surface area contributed by atoms with E-state index in [2.05, 4.69) is 41.3 Å². The molecule has 0 aliphatic carbocycles. The molecule has 0 bridgehead atoms. The summed E-state index contributed by atoms with van der Waals surface area (Å²) in [4.78, 5) is 6.53. The maximum Gasteiger partial charge on any atom is 0.0271 e. The first-order valence-electron chi connectivity index (χ1n) is 7.02. The molecule has 3 nitrogen and oxygen atoms in total. The van der Waals surface area contributed by atoms with Gasteiger partial charge in [-0.2, -0.15) is 0 Å². The molecule has 2 rings (SSSR count). The van der Waals surface area contributed by atoms with Crippen LogP contribution in [0.2, 0.25) is 0 Å². The van der Waals surface area contributed by atoms with Crippen LogP contribution in [0.5, 0.6) is 0 Å². The first-order valence-corrected chi connectivity index (χ1v) is 7.02. The van der Waals surface area contributed by atoms with Crippen molar-refractivity contribution in [3.63, 3.8) is 0 Å². The number of nitrogens with zero attached hydrogens (tertiary/aromatic N) is 2. The zero-order valence-electron chi connectivity index (χ0n) is 11.7. The summed E-state index contributed by atoms with van der Waals surface area (Å²) in [6.45, 7) is 6.92. The third-order valence-corrected chi connectivity index (χ3v) is 4.22. The second kappa shape index (κ2) is 6.30. The Hall–Kier alpha value is -0.930. The van der Waals surface area contributed by atoms with Crippen molar-refractivity contribution in [2.24, 2.45) is 5.41 Å². The molecular weight excluding hydrogens is 222 g/mol. The van der Waals surface area contributed by atoms with Crippen molar-refractivity contribution in [3.05, 3.63) is 30.1 Å². The first-order chi connectivity index (χ1) is 8.74. The molecule has 1 aromatic heterocycles. The lowest BCUT2D eigenvalue weighted by molar-refractivity contribution is 0.119. The molecule has 0 radical (unpaired) electrons. The van der Waals surface area contributed by atoms with E-state index in [9.17, 15) is 0 Å². The predicted octanol–water partition coefficient (Wildman–Crippen LogP) is 2.29. The van der Waals surface area contributed by atoms with Crippen LogP contribution in [0.1, 0.15) is 31.7 Å². The van der Waals surface area contributed by atoms with Gasteiger partial charge < -0.3 is 10.2 Å². The molecule has 1 aromatic rings. The number of pyridine rings is 1. The van der Waals surface area contributed by atoms with Gasteiger partial charge in [0.15, 0.2) is 0 Å². The lowest BCUT2D eigenvalue weighted by Crippen LogP contribution is -2.43. The summed E-state index contributed by atoms with van der Waals surface area (Å²) in [6, 6.07) is 4.22. The highest BCUT2D eigenvalue weighted by Crippen LogP contribution is 2.33. The van der Waals surface area contributed by atoms with Crippen LogP contribution in [0.4, 0.5) is 0 Å². The van der Waals surface area contributed by atoms with Gasteiger partial charge in [-0.1, -0.05) is 6.92 Å². The molecule has 1 aliphatic heterocycles. The van der Waals surface area contributed by atoms with Crippen LogP contribution in [-0.2, 0) is 6.54 Å². The zero-order chi connectivity index (χ0) is 12.8. The molecule has 3 heteroatoms. The quantitative estimate of drug-likeness (QED) is 0.865. The van der Waals surface area contributed by atoms with Crippen molar-refractivity contribution in [2.45, 2.75) is 32.7 Å². The Morgan fingerprint density at radius 3 is 2.56 bits per heavy atom. The SMILES string of the molecule is CCC1(CN(C)Cc2ccncc2)CCNCC1. The van der Waals surface area contributed by atoms with E-state index in [1.54, 1.807) is 0 Å². The predicted molar refractivity (Wildman–Crippen MR) is 75.4 cm³/mol. The second-order valence-corrected chi connectivity index (χ2v) is 5.63. The highest BCUT2D eigenvalue weighted by molar-refractivity contribution is 5.09. The average Bonchev–Trinajstić information content (AvgIpc) is 2.41. The monoisotopic (exact) mass is 247 g/mol. The van der Waals surface area contributed by atoms with Crippen molar-refractivity contribution < 1.29 is 0 Å². The highest BCUT2D eigenvalue weighted by atomic mass is 15.1. The summed E-state index contributed by atoms with van der Waals surface area (Å²) in [7, 11) is 2.24. The van der Waals surface area contributed by atoms with Crippen LogP contribution >= 0.6 is 0 Å². The maximum absolute atomic E-state index is 4.07. The van der Waals surface area contributed by atoms with Crippen LogP contribution in [0, 0.1) is 5.41 Å². The Balaban J connectivity index is 1.91. The Bertz CT molecular complexity index is 344. The van der Waals surface area contributed by atoms with E-state index in [4.69, 9.17) is 0 Å². The van der Waals surface area contributed by atoms with Crippen molar-refractivity contribution in [1.82, 2.24) is 15.2 Å². The van der Waals surface area contributed by atoms with Gasteiger partial charge >= 0.3 is 0 Å². The molecule has 0 unspecified atom stereocenters. The normalized spacial score (nSPS) is 19.1. The van der Waals surface area contributed by atoms with Crippen molar-refractivity contribution in [3.8, 4) is 0 Å². The van der Waals surface area contributed by atoms with Gasteiger partial charge in [-0.3, -0.25) is 4.98 Å². The summed E-state index contributed by atoms with van der Waals surface area (Å²) < 4.78 is 0. The molecule has 0 saturated carbocycles. The number of hydrogen-bond donors (Lipinski definition) is 1. The minimum Gasteiger partial charge on any atom is -0.317 e. The fourth-order valence-electron chi connectivity index (χ4n) is 3.01. The molecule has 0 aromatic carbocycles. The summed E-state index contributed by atoms with van der Waals surface area (Å²) in [5.41, 5.74) is 1.88. The number of hydrogen-bond acceptors (Lipinski definition) is 3. The first kappa shape index (κ1) is 13.5. The fraction of sp³-hybridized carbons (Fsp3) is 0.667. The minimum absolute atomic E-state index is 0.521. The minimum atomic E-state index is 0.521. The average molecular weight is 247 g/mol. The second-order valence-electron chi connectivity index (χ2n) is 5.63. The van der Waals surface area contributed by atoms with E-state index in [0.717, 1.165) is 6.54 Å². The topological polar surface area (TPSA) is 28.2 Å². The molecule has 0 spiro atoms. The van der Waals surface area contributed by atoms with E-state index in [-0.39, 0.29) is 0 Å². The standard InChI is InChI=1S/C15H25N3/c1-3-15(6-10-17-11-7-15)13-18(2)12-14-4-8-16-9-5-14/h4-5,8-9,17H,3,6-7,10-13H2,1-2H3. The summed E-state index contributed by atoms with van der Waals surface area (Å²) >= 11 is 0. The fourth-order valence-corrected chi connectivity index (χ4v) is 3.01. The van der Waals surface area contributed by atoms with Crippen molar-refractivity contribution in [1.29, 1.82) is 0 Å². The summed E-state index contributed by atoms with van der Waals surface area (Å²) in [6.07, 6.45) is 7.66. The van der Waals surface area contributed by atoms with Crippen molar-refractivity contribution >= 4 is 0 Å². The Morgan fingerprint density at radius 2 is 1.94 bits per heavy atom. The van der Waals surface area contributed by atoms with Gasteiger partial charge in [0.1, 0.15) is 0 Å². The Labute approximate surface area is 111 Å². The molecule has 1 N–H and O–H groups in total. The van der Waals surface area contributed by atoms with Gasteiger partial charge in [-0.25, -0.2) is 0 Å². The number of nitrogens with one attached hydrogen (secondary N) is 1. The largest absolute Gasteiger partial charge is 0.317 e. The van der Waals surface area contributed by atoms with Crippen LogP contribution in [0.25, 0.3) is 0 Å². The van der Waals surface area contributed by atoms with Gasteiger partial charge in [-0.05, 0) is 62.5 Å². The van der Waals surface area contributed by atoms with Gasteiger partial charge in [0, 0.05) is 25.5 Å². The van der Waals surface area contributed by atoms with Crippen LogP contribution in [-0.4, -0.2) is 36.6 Å². The van der Waals surface area contributed by atoms with E-state index >= 15 is 0 Å². The van der Waals surface area contributed by atoms with Crippen molar-refractivity contribution in [2.75, 3.05) is 26.7 Å². The maximum atomic E-state index is 4.07. The molecular formula is C15H25N3. The Morgan fingerprint density at radius 1 is 1.28 bits per heavy atom. The number of aromatic nitrogens is 1. The number of piperidine rings is 1. The van der Waals surface area contributed by atoms with Gasteiger partial charge in [0.05, 0.1) is 0 Å². The number of rotatable bonds is 5. The van der Waals surface area contributed by atoms with Gasteiger partial charge in [0.25, 0.3) is 0 Å². The van der Waals surface area contributed by atoms with Crippen LogP contribution in [0.3, 0.4) is 0 Å². The molecule has 1 saturated heterocycles. The molecule has 2 heterocycles. The van der Waals surface area contributed by atoms with E-state index < -0.39 is 0 Å². The van der Waals surface area contributed by atoms with Crippen LogP contribution < -0.4 is 5.32 Å². The highest BCUT2D eigenvalue weighted by Gasteiger charge is 2.31. The Kier molecular flexibility index (Phi) is 4.72. The van der Waals surface area contributed by atoms with Gasteiger partial charge in [-0.15, -0.1) is 0 Å². The molecule has 100 valence electrons.